The van der Waals surface area contributed by atoms with Gasteiger partial charge in [0.1, 0.15) is 11.6 Å². The van der Waals surface area contributed by atoms with E-state index >= 15 is 0 Å². The van der Waals surface area contributed by atoms with Crippen LogP contribution in [0, 0.1) is 5.82 Å². The fourth-order valence-corrected chi connectivity index (χ4v) is 2.17. The van der Waals surface area contributed by atoms with Gasteiger partial charge in [-0.25, -0.2) is 4.39 Å². The second kappa shape index (κ2) is 6.52. The average molecular weight is 267 g/mol. The van der Waals surface area contributed by atoms with Crippen LogP contribution in [0.3, 0.4) is 0 Å². The number of rotatable bonds is 4. The maximum atomic E-state index is 12.8. The molecule has 1 aliphatic heterocycles. The normalized spacial score (nSPS) is 19.1. The largest absolute Gasteiger partial charge is 0.507 e. The van der Waals surface area contributed by atoms with E-state index in [1.54, 1.807) is 0 Å². The number of hydrogen-bond donors (Lipinski definition) is 2. The molecular weight excluding hydrogens is 249 g/mol. The Morgan fingerprint density at radius 1 is 1.47 bits per heavy atom. The lowest BCUT2D eigenvalue weighted by Crippen LogP contribution is -2.29. The Kier molecular flexibility index (Phi) is 4.74. The molecule has 19 heavy (non-hydrogen) atoms. The van der Waals surface area contributed by atoms with Crippen molar-refractivity contribution in [1.82, 2.24) is 5.32 Å². The number of nitrogens with one attached hydrogen (secondary N) is 1. The van der Waals surface area contributed by atoms with Gasteiger partial charge >= 0.3 is 0 Å². The van der Waals surface area contributed by atoms with Gasteiger partial charge in [0.25, 0.3) is 5.91 Å². The SMILES string of the molecule is O=C(NCCC1CCCCO1)c1ccc(F)cc1O. The third-order valence-electron chi connectivity index (χ3n) is 3.23. The number of carbonyl (C=O) groups excluding carboxylic acids is 1. The summed E-state index contributed by atoms with van der Waals surface area (Å²) in [5.74, 6) is -1.30. The Morgan fingerprint density at radius 3 is 3.00 bits per heavy atom. The fourth-order valence-electron chi connectivity index (χ4n) is 2.17. The summed E-state index contributed by atoms with van der Waals surface area (Å²) < 4.78 is 18.4. The highest BCUT2D eigenvalue weighted by molar-refractivity contribution is 5.96. The van der Waals surface area contributed by atoms with E-state index in [1.165, 1.54) is 6.07 Å². The summed E-state index contributed by atoms with van der Waals surface area (Å²) in [7, 11) is 0. The molecule has 0 aromatic heterocycles. The molecule has 1 saturated heterocycles. The molecule has 1 aliphatic rings. The maximum Gasteiger partial charge on any atom is 0.255 e. The number of phenolic OH excluding ortho intramolecular Hbond substituents is 1. The van der Waals surface area contributed by atoms with Gasteiger partial charge in [-0.1, -0.05) is 0 Å². The molecule has 0 spiro atoms. The van der Waals surface area contributed by atoms with Gasteiger partial charge in [0.15, 0.2) is 0 Å². The highest BCUT2D eigenvalue weighted by Crippen LogP contribution is 2.18. The Morgan fingerprint density at radius 2 is 2.32 bits per heavy atom. The van der Waals surface area contributed by atoms with Crippen molar-refractivity contribution in [2.45, 2.75) is 31.8 Å². The van der Waals surface area contributed by atoms with Gasteiger partial charge in [0.05, 0.1) is 11.7 Å². The number of aromatic hydroxyl groups is 1. The molecule has 2 N–H and O–H groups in total. The quantitative estimate of drug-likeness (QED) is 0.879. The Bertz CT molecular complexity index is 444. The number of benzene rings is 1. The molecular formula is C14H18FNO3. The minimum absolute atomic E-state index is 0.0889. The summed E-state index contributed by atoms with van der Waals surface area (Å²) in [5.41, 5.74) is 0.0889. The van der Waals surface area contributed by atoms with Crippen molar-refractivity contribution in [2.24, 2.45) is 0 Å². The lowest BCUT2D eigenvalue weighted by molar-refractivity contribution is 0.0117. The molecule has 1 heterocycles. The predicted molar refractivity (Wildman–Crippen MR) is 68.6 cm³/mol. The van der Waals surface area contributed by atoms with E-state index in [0.29, 0.717) is 6.54 Å². The van der Waals surface area contributed by atoms with Crippen LogP contribution in [0.4, 0.5) is 4.39 Å². The summed E-state index contributed by atoms with van der Waals surface area (Å²) >= 11 is 0. The molecule has 5 heteroatoms. The third-order valence-corrected chi connectivity index (χ3v) is 3.23. The monoisotopic (exact) mass is 267 g/mol. The van der Waals surface area contributed by atoms with Crippen molar-refractivity contribution in [3.8, 4) is 5.75 Å². The molecule has 2 rings (SSSR count). The van der Waals surface area contributed by atoms with Crippen molar-refractivity contribution >= 4 is 5.91 Å². The van der Waals surface area contributed by atoms with E-state index in [0.717, 1.165) is 44.4 Å². The van der Waals surface area contributed by atoms with Crippen LogP contribution in [-0.2, 0) is 4.74 Å². The highest BCUT2D eigenvalue weighted by atomic mass is 19.1. The van der Waals surface area contributed by atoms with Crippen LogP contribution >= 0.6 is 0 Å². The number of hydrogen-bond acceptors (Lipinski definition) is 3. The predicted octanol–water partition coefficient (Wildman–Crippen LogP) is 2.22. The first-order valence-corrected chi connectivity index (χ1v) is 6.55. The molecule has 1 atom stereocenters. The zero-order valence-corrected chi connectivity index (χ0v) is 10.7. The molecule has 1 amide bonds. The topological polar surface area (TPSA) is 58.6 Å². The number of ether oxygens (including phenoxy) is 1. The van der Waals surface area contributed by atoms with Crippen LogP contribution in [0.1, 0.15) is 36.0 Å². The molecule has 1 aromatic carbocycles. The molecule has 0 bridgehead atoms. The first kappa shape index (κ1) is 13.8. The zero-order chi connectivity index (χ0) is 13.7. The number of phenols is 1. The number of carbonyl (C=O) groups is 1. The molecule has 4 nitrogen and oxygen atoms in total. The smallest absolute Gasteiger partial charge is 0.255 e. The average Bonchev–Trinajstić information content (AvgIpc) is 2.39. The first-order chi connectivity index (χ1) is 9.16. The van der Waals surface area contributed by atoms with Crippen LogP contribution in [-0.4, -0.2) is 30.3 Å². The minimum atomic E-state index is -0.565. The van der Waals surface area contributed by atoms with E-state index in [1.807, 2.05) is 0 Å². The van der Waals surface area contributed by atoms with Gasteiger partial charge in [-0.15, -0.1) is 0 Å². The van der Waals surface area contributed by atoms with Gasteiger partial charge < -0.3 is 15.2 Å². The standard InChI is InChI=1S/C14H18FNO3/c15-10-4-5-12(13(17)9-10)14(18)16-7-6-11-3-1-2-8-19-11/h4-5,9,11,17H,1-3,6-8H2,(H,16,18). The summed E-state index contributed by atoms with van der Waals surface area (Å²) in [6.07, 6.45) is 4.26. The molecule has 1 aromatic rings. The van der Waals surface area contributed by atoms with Gasteiger partial charge in [0.2, 0.25) is 0 Å². The molecule has 0 radical (unpaired) electrons. The second-order valence-corrected chi connectivity index (χ2v) is 4.69. The van der Waals surface area contributed by atoms with Crippen molar-refractivity contribution in [3.63, 3.8) is 0 Å². The molecule has 104 valence electrons. The van der Waals surface area contributed by atoms with E-state index in [4.69, 9.17) is 4.74 Å². The highest BCUT2D eigenvalue weighted by Gasteiger charge is 2.15. The van der Waals surface area contributed by atoms with Crippen LogP contribution in [0.25, 0.3) is 0 Å². The number of amides is 1. The zero-order valence-electron chi connectivity index (χ0n) is 10.7. The van der Waals surface area contributed by atoms with Gasteiger partial charge in [-0.2, -0.15) is 0 Å². The van der Waals surface area contributed by atoms with Crippen LogP contribution in [0.5, 0.6) is 5.75 Å². The third kappa shape index (κ3) is 3.92. The summed E-state index contributed by atoms with van der Waals surface area (Å²) in [6.45, 7) is 1.28. The minimum Gasteiger partial charge on any atom is -0.507 e. The van der Waals surface area contributed by atoms with Crippen molar-refractivity contribution in [1.29, 1.82) is 0 Å². The van der Waals surface area contributed by atoms with Gasteiger partial charge in [0, 0.05) is 19.2 Å². The lowest BCUT2D eigenvalue weighted by Gasteiger charge is -2.22. The van der Waals surface area contributed by atoms with Crippen LogP contribution in [0.2, 0.25) is 0 Å². The Hall–Kier alpha value is -1.62. The fraction of sp³-hybridized carbons (Fsp3) is 0.500. The number of halogens is 1. The lowest BCUT2D eigenvalue weighted by atomic mass is 10.1. The van der Waals surface area contributed by atoms with Crippen molar-refractivity contribution < 1.29 is 19.0 Å². The first-order valence-electron chi connectivity index (χ1n) is 6.55. The van der Waals surface area contributed by atoms with Crippen LogP contribution < -0.4 is 5.32 Å². The van der Waals surface area contributed by atoms with Gasteiger partial charge in [-0.3, -0.25) is 4.79 Å². The van der Waals surface area contributed by atoms with Gasteiger partial charge in [-0.05, 0) is 37.8 Å². The van der Waals surface area contributed by atoms with Crippen molar-refractivity contribution in [3.05, 3.63) is 29.6 Å². The molecule has 0 aliphatic carbocycles. The summed E-state index contributed by atoms with van der Waals surface area (Å²) in [4.78, 5) is 11.8. The Labute approximate surface area is 111 Å². The van der Waals surface area contributed by atoms with E-state index in [2.05, 4.69) is 5.32 Å². The second-order valence-electron chi connectivity index (χ2n) is 4.69. The summed E-state index contributed by atoms with van der Waals surface area (Å²) in [5, 5.41) is 12.2. The molecule has 1 fully saturated rings. The maximum absolute atomic E-state index is 12.8. The molecule has 0 saturated carbocycles. The van der Waals surface area contributed by atoms with E-state index in [9.17, 15) is 14.3 Å². The Balaban J connectivity index is 1.80. The summed E-state index contributed by atoms with van der Waals surface area (Å²) in [6, 6.07) is 3.36. The van der Waals surface area contributed by atoms with Crippen molar-refractivity contribution in [2.75, 3.05) is 13.2 Å². The van der Waals surface area contributed by atoms with Crippen LogP contribution in [0.15, 0.2) is 18.2 Å². The van der Waals surface area contributed by atoms with E-state index < -0.39 is 11.7 Å². The van der Waals surface area contributed by atoms with E-state index in [-0.39, 0.29) is 17.4 Å². The molecule has 1 unspecified atom stereocenters.